The number of fused-ring (bicyclic) bond motifs is 3. The number of ether oxygens (including phenoxy) is 3. The molecule has 0 unspecified atom stereocenters. The lowest BCUT2D eigenvalue weighted by atomic mass is 10.1. The zero-order chi connectivity index (χ0) is 23.5. The topological polar surface area (TPSA) is 96.1 Å². The third-order valence-electron chi connectivity index (χ3n) is 5.54. The molecule has 33 heavy (non-hydrogen) atoms. The van der Waals surface area contributed by atoms with Crippen molar-refractivity contribution >= 4 is 22.5 Å². The van der Waals surface area contributed by atoms with Gasteiger partial charge in [0.15, 0.2) is 17.1 Å². The number of carbonyl (C=O) groups is 1. The van der Waals surface area contributed by atoms with Gasteiger partial charge in [-0.15, -0.1) is 0 Å². The number of carbonyl (C=O) groups excluding carboxylic acids is 1. The molecular formula is C24H26N4O5. The third-order valence-corrected chi connectivity index (χ3v) is 5.54. The van der Waals surface area contributed by atoms with E-state index in [9.17, 15) is 9.59 Å². The van der Waals surface area contributed by atoms with Crippen LogP contribution in [-0.4, -0.2) is 48.0 Å². The summed E-state index contributed by atoms with van der Waals surface area (Å²) < 4.78 is 19.9. The lowest BCUT2D eigenvalue weighted by molar-refractivity contribution is -0.121. The molecule has 0 aliphatic carbocycles. The highest BCUT2D eigenvalue weighted by atomic mass is 16.5. The zero-order valence-corrected chi connectivity index (χ0v) is 19.0. The van der Waals surface area contributed by atoms with Gasteiger partial charge < -0.3 is 19.5 Å². The molecular weight excluding hydrogens is 424 g/mol. The first-order valence-corrected chi connectivity index (χ1v) is 10.5. The standard InChI is InChI=1S/C24H26N4O5/c1-15-13-20(29)26-24-17-7-5-6-8-18(17)27(28(15)24)14-21(30)25-12-11-16-9-10-19(31-2)23(33-4)22(16)32-3/h5-10,13H,11-12,14H2,1-4H3,(H,25,30). The van der Waals surface area contributed by atoms with E-state index in [0.29, 0.717) is 41.6 Å². The van der Waals surface area contributed by atoms with E-state index in [-0.39, 0.29) is 18.0 Å². The molecule has 0 fully saturated rings. The summed E-state index contributed by atoms with van der Waals surface area (Å²) in [6.07, 6.45) is 0.551. The SMILES string of the molecule is COc1ccc(CCNC(=O)Cn2c3ccccc3c3nc(=O)cc(C)n32)c(OC)c1OC. The minimum Gasteiger partial charge on any atom is -0.493 e. The van der Waals surface area contributed by atoms with Crippen LogP contribution in [0.15, 0.2) is 47.3 Å². The molecule has 172 valence electrons. The molecule has 0 spiro atoms. The number of nitrogens with zero attached hydrogens (tertiary/aromatic N) is 3. The van der Waals surface area contributed by atoms with Crippen LogP contribution in [0.5, 0.6) is 17.2 Å². The normalized spacial score (nSPS) is 11.0. The second-order valence-corrected chi connectivity index (χ2v) is 7.54. The predicted octanol–water partition coefficient (Wildman–Crippen LogP) is 2.34. The summed E-state index contributed by atoms with van der Waals surface area (Å²) in [6.45, 7) is 2.32. The molecule has 0 saturated heterocycles. The van der Waals surface area contributed by atoms with Gasteiger partial charge in [-0.25, -0.2) is 4.52 Å². The van der Waals surface area contributed by atoms with E-state index in [0.717, 1.165) is 16.5 Å². The number of rotatable bonds is 8. The maximum absolute atomic E-state index is 12.8. The molecule has 2 aromatic carbocycles. The molecule has 0 aliphatic rings. The van der Waals surface area contributed by atoms with Crippen molar-refractivity contribution in [3.8, 4) is 17.2 Å². The lowest BCUT2D eigenvalue weighted by Crippen LogP contribution is -2.31. The van der Waals surface area contributed by atoms with E-state index in [1.54, 1.807) is 21.3 Å². The predicted molar refractivity (Wildman–Crippen MR) is 125 cm³/mol. The molecule has 0 radical (unpaired) electrons. The second kappa shape index (κ2) is 9.23. The van der Waals surface area contributed by atoms with Crippen molar-refractivity contribution in [3.63, 3.8) is 0 Å². The number of nitrogens with one attached hydrogen (secondary N) is 1. The minimum atomic E-state index is -0.302. The molecule has 2 aromatic heterocycles. The van der Waals surface area contributed by atoms with Crippen molar-refractivity contribution in [3.05, 3.63) is 64.1 Å². The Balaban J connectivity index is 1.54. The Morgan fingerprint density at radius 2 is 1.79 bits per heavy atom. The molecule has 1 amide bonds. The number of aryl methyl sites for hydroxylation is 1. The number of benzene rings is 2. The zero-order valence-electron chi connectivity index (χ0n) is 19.0. The van der Waals surface area contributed by atoms with E-state index >= 15 is 0 Å². The van der Waals surface area contributed by atoms with E-state index in [1.807, 2.05) is 52.5 Å². The van der Waals surface area contributed by atoms with Gasteiger partial charge >= 0.3 is 0 Å². The van der Waals surface area contributed by atoms with E-state index in [4.69, 9.17) is 14.2 Å². The molecule has 1 N–H and O–H groups in total. The smallest absolute Gasteiger partial charge is 0.273 e. The first-order chi connectivity index (χ1) is 16.0. The van der Waals surface area contributed by atoms with Gasteiger partial charge in [-0.2, -0.15) is 4.98 Å². The Morgan fingerprint density at radius 1 is 1.03 bits per heavy atom. The van der Waals surface area contributed by atoms with Gasteiger partial charge in [0.1, 0.15) is 6.54 Å². The van der Waals surface area contributed by atoms with Crippen LogP contribution >= 0.6 is 0 Å². The van der Waals surface area contributed by atoms with Crippen molar-refractivity contribution in [1.82, 2.24) is 19.5 Å². The fourth-order valence-corrected chi connectivity index (χ4v) is 4.11. The van der Waals surface area contributed by atoms with Crippen LogP contribution in [-0.2, 0) is 17.8 Å². The maximum Gasteiger partial charge on any atom is 0.273 e. The van der Waals surface area contributed by atoms with Gasteiger partial charge in [0.25, 0.3) is 5.56 Å². The molecule has 0 aliphatic heterocycles. The molecule has 0 atom stereocenters. The van der Waals surface area contributed by atoms with E-state index < -0.39 is 0 Å². The van der Waals surface area contributed by atoms with E-state index in [1.165, 1.54) is 6.07 Å². The van der Waals surface area contributed by atoms with Gasteiger partial charge in [-0.3, -0.25) is 14.3 Å². The third kappa shape index (κ3) is 4.09. The van der Waals surface area contributed by atoms with Gasteiger partial charge in [0.05, 0.1) is 26.8 Å². The average molecular weight is 450 g/mol. The molecule has 0 saturated carbocycles. The van der Waals surface area contributed by atoms with Crippen LogP contribution in [0.25, 0.3) is 16.6 Å². The monoisotopic (exact) mass is 450 g/mol. The highest BCUT2D eigenvalue weighted by molar-refractivity contribution is 5.93. The Hall–Kier alpha value is -4.01. The second-order valence-electron chi connectivity index (χ2n) is 7.54. The number of methoxy groups -OCH3 is 3. The summed E-state index contributed by atoms with van der Waals surface area (Å²) in [6, 6.07) is 12.8. The quantitative estimate of drug-likeness (QED) is 0.443. The first-order valence-electron chi connectivity index (χ1n) is 10.5. The van der Waals surface area contributed by atoms with Crippen LogP contribution in [0.3, 0.4) is 0 Å². The number of hydrogen-bond acceptors (Lipinski definition) is 6. The van der Waals surface area contributed by atoms with Crippen molar-refractivity contribution < 1.29 is 19.0 Å². The Morgan fingerprint density at radius 3 is 2.52 bits per heavy atom. The first kappa shape index (κ1) is 22.2. The molecule has 9 nitrogen and oxygen atoms in total. The van der Waals surface area contributed by atoms with Gasteiger partial charge in [0, 0.05) is 29.3 Å². The van der Waals surface area contributed by atoms with Crippen LogP contribution < -0.4 is 25.1 Å². The molecule has 4 rings (SSSR count). The molecule has 2 heterocycles. The summed E-state index contributed by atoms with van der Waals surface area (Å²) in [4.78, 5) is 29.0. The largest absolute Gasteiger partial charge is 0.493 e. The van der Waals surface area contributed by atoms with Gasteiger partial charge in [-0.1, -0.05) is 18.2 Å². The lowest BCUT2D eigenvalue weighted by Gasteiger charge is -2.16. The van der Waals surface area contributed by atoms with Crippen LogP contribution in [0.2, 0.25) is 0 Å². The van der Waals surface area contributed by atoms with Crippen LogP contribution in [0.4, 0.5) is 0 Å². The van der Waals surface area contributed by atoms with Gasteiger partial charge in [-0.05, 0) is 31.5 Å². The van der Waals surface area contributed by atoms with Crippen molar-refractivity contribution in [2.45, 2.75) is 19.9 Å². The summed E-state index contributed by atoms with van der Waals surface area (Å²) in [5, 5.41) is 3.78. The number of hydrogen-bond donors (Lipinski definition) is 1. The number of para-hydroxylation sites is 1. The van der Waals surface area contributed by atoms with Gasteiger partial charge in [0.2, 0.25) is 11.7 Å². The summed E-state index contributed by atoms with van der Waals surface area (Å²) >= 11 is 0. The summed E-state index contributed by atoms with van der Waals surface area (Å²) in [5.41, 5.74) is 2.67. The fourth-order valence-electron chi connectivity index (χ4n) is 4.11. The highest BCUT2D eigenvalue weighted by Crippen LogP contribution is 2.39. The Labute approximate surface area is 190 Å². The Kier molecular flexibility index (Phi) is 6.21. The molecule has 4 aromatic rings. The summed E-state index contributed by atoms with van der Waals surface area (Å²) in [5.74, 6) is 1.52. The van der Waals surface area contributed by atoms with Crippen molar-refractivity contribution in [2.24, 2.45) is 0 Å². The van der Waals surface area contributed by atoms with Crippen LogP contribution in [0, 0.1) is 6.92 Å². The number of amides is 1. The highest BCUT2D eigenvalue weighted by Gasteiger charge is 2.17. The minimum absolute atomic E-state index is 0.0818. The van der Waals surface area contributed by atoms with Crippen molar-refractivity contribution in [2.75, 3.05) is 27.9 Å². The maximum atomic E-state index is 12.8. The Bertz CT molecular complexity index is 1390. The molecule has 9 heteroatoms. The fraction of sp³-hybridized carbons (Fsp3) is 0.292. The van der Waals surface area contributed by atoms with E-state index in [2.05, 4.69) is 10.3 Å². The summed E-state index contributed by atoms with van der Waals surface area (Å²) in [7, 11) is 4.70. The molecule has 0 bridgehead atoms. The number of aromatic nitrogens is 3. The van der Waals surface area contributed by atoms with Crippen LogP contribution in [0.1, 0.15) is 11.3 Å². The average Bonchev–Trinajstić information content (AvgIpc) is 3.12. The van der Waals surface area contributed by atoms with Crippen molar-refractivity contribution in [1.29, 1.82) is 0 Å².